The molecule has 14 unspecified atom stereocenters. The van der Waals surface area contributed by atoms with E-state index in [0.29, 0.717) is 12.0 Å². The van der Waals surface area contributed by atoms with Crippen LogP contribution in [0.25, 0.3) is 0 Å². The van der Waals surface area contributed by atoms with Crippen molar-refractivity contribution in [3.05, 3.63) is 115 Å². The number of aliphatic hydroxyl groups excluding tert-OH is 9. The van der Waals surface area contributed by atoms with Crippen LogP contribution in [0.4, 0.5) is 5.69 Å². The molecule has 0 amide bonds. The summed E-state index contributed by atoms with van der Waals surface area (Å²) in [6, 6.07) is 5.77. The monoisotopic (exact) mass is 1140 g/mol. The van der Waals surface area contributed by atoms with Crippen LogP contribution in [0, 0.1) is 17.8 Å². The summed E-state index contributed by atoms with van der Waals surface area (Å²) in [5.41, 5.74) is 7.39. The lowest BCUT2D eigenvalue weighted by Gasteiger charge is -2.45. The topological polar surface area (TPSA) is 355 Å². The largest absolute Gasteiger partial charge is 0.469 e. The van der Waals surface area contributed by atoms with Crippen molar-refractivity contribution < 1.29 is 93.9 Å². The molecule has 81 heavy (non-hydrogen) atoms. The van der Waals surface area contributed by atoms with Gasteiger partial charge in [-0.2, -0.15) is 0 Å². The minimum absolute atomic E-state index is 0.103. The first kappa shape index (κ1) is 68.4. The number of nitrogens with one attached hydrogen (secondary N) is 1. The standard InChI is InChI=1S/C60H88N2O19/c1-36-18-16-14-12-10-8-6-7-9-11-13-15-17-19-48(79-59-56(74)54(61)55(73)38(3)78-59)33-51-53(58(75)77-5)50(71)35-60(76,81-51)34-47(69)30-45(67)28-43(65)26-42(64)27-44(66)29-46(68)32-52(72)80-57(36)37(2)20-25-41(63)31-49(70)39-21-23-40(62-4)24-22-39/h6-19,21-24,36-38,41-43,45-48,50-51,53-57,59,62-65,67-69,71,73-74,76H,20,25-35,61H2,1-5H3/t36?,37?,38-,41?,42?,43?,45?,46?,47?,48?,50?,51?,53?,54+,55-,56+,57?,59+,60?/m0/s1. The van der Waals surface area contributed by atoms with Crippen molar-refractivity contribution in [3.63, 3.8) is 0 Å². The summed E-state index contributed by atoms with van der Waals surface area (Å²) in [4.78, 5) is 52.4. The zero-order chi connectivity index (χ0) is 59.8. The van der Waals surface area contributed by atoms with Gasteiger partial charge in [0, 0.05) is 62.7 Å². The number of ketones is 2. The number of hydrogen-bond acceptors (Lipinski definition) is 21. The van der Waals surface area contributed by atoms with Crippen LogP contribution in [0.1, 0.15) is 108 Å². The predicted molar refractivity (Wildman–Crippen MR) is 299 cm³/mol. The van der Waals surface area contributed by atoms with E-state index in [1.54, 1.807) is 117 Å². The minimum Gasteiger partial charge on any atom is -0.469 e. The van der Waals surface area contributed by atoms with Gasteiger partial charge in [-0.1, -0.05) is 98.9 Å². The Balaban J connectivity index is 1.55. The number of cyclic esters (lactones) is 1. The summed E-state index contributed by atoms with van der Waals surface area (Å²) in [5.74, 6) is -6.85. The lowest BCUT2D eigenvalue weighted by atomic mass is 9.82. The molecule has 1 aromatic carbocycles. The van der Waals surface area contributed by atoms with E-state index in [1.807, 2.05) is 19.9 Å². The Labute approximate surface area is 474 Å². The normalized spacial score (nSPS) is 34.9. The molecule has 3 heterocycles. The number of fused-ring (bicyclic) bond motifs is 2. The molecule has 0 radical (unpaired) electrons. The molecule has 1 aromatic rings. The molecule has 21 heteroatoms. The van der Waals surface area contributed by atoms with Gasteiger partial charge in [0.2, 0.25) is 0 Å². The van der Waals surface area contributed by atoms with E-state index in [-0.39, 0.29) is 49.7 Å². The van der Waals surface area contributed by atoms with Gasteiger partial charge >= 0.3 is 11.9 Å². The number of allylic oxidation sites excluding steroid dienone is 12. The van der Waals surface area contributed by atoms with Gasteiger partial charge in [0.05, 0.1) is 86.7 Å². The fourth-order valence-electron chi connectivity index (χ4n) is 10.2. The number of aliphatic hydroxyl groups is 10. The SMILES string of the molecule is CNc1ccc(C(=O)CC(O)CCC(C)C2OC(=O)CC(O)CC(=O)CC(O)CC(O)CC(O)CC(O)CC3(O)CC(O)C(C(=O)OC)C(CC(O[C@H]4O[C@@H](C)[C@H](O)[C@@H](N)[C@H]4O)C=CC=CC=CC=CC=CC=CC=CC2C)O3)cc1. The first-order valence-electron chi connectivity index (χ1n) is 27.8. The molecular formula is C60H88N2O19. The Kier molecular flexibility index (Phi) is 29.1. The summed E-state index contributed by atoms with van der Waals surface area (Å²) in [6.07, 6.45) is 2.92. The fourth-order valence-corrected chi connectivity index (χ4v) is 10.2. The lowest BCUT2D eigenvalue weighted by Crippen LogP contribution is -2.61. The number of carbonyl (C=O) groups excluding carboxylic acids is 4. The third-order valence-corrected chi connectivity index (χ3v) is 14.6. The van der Waals surface area contributed by atoms with Crippen molar-refractivity contribution in [3.8, 4) is 0 Å². The number of nitrogens with two attached hydrogens (primary N) is 1. The van der Waals surface area contributed by atoms with E-state index >= 15 is 0 Å². The number of rotatable bonds is 11. The van der Waals surface area contributed by atoms with Gasteiger partial charge in [0.1, 0.15) is 23.9 Å². The van der Waals surface area contributed by atoms with Crippen LogP contribution >= 0.6 is 0 Å². The van der Waals surface area contributed by atoms with Crippen LogP contribution in [0.3, 0.4) is 0 Å². The number of Topliss-reactive ketones (excluding diaryl/α,β-unsaturated/α-hetero) is 2. The molecule has 0 saturated carbocycles. The molecule has 19 atom stereocenters. The van der Waals surface area contributed by atoms with Gasteiger partial charge < -0.3 is 85.8 Å². The van der Waals surface area contributed by atoms with Gasteiger partial charge in [-0.15, -0.1) is 0 Å². The van der Waals surface area contributed by atoms with Gasteiger partial charge in [0.25, 0.3) is 0 Å². The maximum Gasteiger partial charge on any atom is 0.313 e. The highest BCUT2D eigenvalue weighted by atomic mass is 16.7. The smallest absolute Gasteiger partial charge is 0.313 e. The number of carbonyl (C=O) groups is 4. The van der Waals surface area contributed by atoms with Crippen LogP contribution in [0.15, 0.2) is 109 Å². The molecule has 2 bridgehead atoms. The number of benzene rings is 1. The van der Waals surface area contributed by atoms with Crippen molar-refractivity contribution in [2.24, 2.45) is 23.5 Å². The number of methoxy groups -OCH3 is 1. The van der Waals surface area contributed by atoms with Crippen LogP contribution < -0.4 is 11.1 Å². The van der Waals surface area contributed by atoms with Gasteiger partial charge in [-0.05, 0) is 69.2 Å². The molecule has 13 N–H and O–H groups in total. The number of esters is 2. The summed E-state index contributed by atoms with van der Waals surface area (Å²) < 4.78 is 28.9. The second-order valence-electron chi connectivity index (χ2n) is 21.6. The predicted octanol–water partition coefficient (Wildman–Crippen LogP) is 2.83. The molecule has 2 fully saturated rings. The Morgan fingerprint density at radius 1 is 0.728 bits per heavy atom. The Hall–Kier alpha value is -5.08. The minimum atomic E-state index is -2.29. The molecule has 21 nitrogen and oxygen atoms in total. The second kappa shape index (κ2) is 34.5. The maximum atomic E-state index is 13.3. The van der Waals surface area contributed by atoms with E-state index < -0.39 is 160 Å². The third kappa shape index (κ3) is 23.6. The highest BCUT2D eigenvalue weighted by Gasteiger charge is 2.51. The van der Waals surface area contributed by atoms with Crippen LogP contribution in [-0.4, -0.2) is 186 Å². The first-order chi connectivity index (χ1) is 38.4. The molecule has 0 spiro atoms. The summed E-state index contributed by atoms with van der Waals surface area (Å²) >= 11 is 0. The number of hydrogen-bond donors (Lipinski definition) is 12. The van der Waals surface area contributed by atoms with Crippen LogP contribution in [0.5, 0.6) is 0 Å². The highest BCUT2D eigenvalue weighted by molar-refractivity contribution is 5.96. The molecule has 0 aliphatic carbocycles. The molecule has 3 aliphatic heterocycles. The van der Waals surface area contributed by atoms with Crippen LogP contribution in [0.2, 0.25) is 0 Å². The Bertz CT molecular complexity index is 2320. The van der Waals surface area contributed by atoms with E-state index in [9.17, 15) is 70.2 Å². The number of ether oxygens (including phenoxy) is 5. The van der Waals surface area contributed by atoms with Gasteiger partial charge in [-0.3, -0.25) is 19.2 Å². The quantitative estimate of drug-likeness (QED) is 0.112. The van der Waals surface area contributed by atoms with Crippen molar-refractivity contribution in [2.45, 2.75) is 195 Å². The second-order valence-corrected chi connectivity index (χ2v) is 21.6. The summed E-state index contributed by atoms with van der Waals surface area (Å²) in [6.45, 7) is 5.25. The van der Waals surface area contributed by atoms with Crippen molar-refractivity contribution >= 4 is 29.2 Å². The van der Waals surface area contributed by atoms with Crippen molar-refractivity contribution in [1.82, 2.24) is 0 Å². The average molecular weight is 1140 g/mol. The van der Waals surface area contributed by atoms with Crippen molar-refractivity contribution in [1.29, 1.82) is 0 Å². The highest BCUT2D eigenvalue weighted by Crippen LogP contribution is 2.39. The Morgan fingerprint density at radius 3 is 1.88 bits per heavy atom. The van der Waals surface area contributed by atoms with E-state index in [4.69, 9.17) is 29.4 Å². The molecular weight excluding hydrogens is 1050 g/mol. The average Bonchev–Trinajstić information content (AvgIpc) is 3.43. The maximum absolute atomic E-state index is 13.3. The fraction of sp³-hybridized carbons (Fsp3) is 0.600. The Morgan fingerprint density at radius 2 is 1.28 bits per heavy atom. The third-order valence-electron chi connectivity index (χ3n) is 14.6. The zero-order valence-electron chi connectivity index (χ0n) is 47.0. The van der Waals surface area contributed by atoms with E-state index in [2.05, 4.69) is 5.32 Å². The van der Waals surface area contributed by atoms with E-state index in [0.717, 1.165) is 12.8 Å². The lowest BCUT2D eigenvalue weighted by molar-refractivity contribution is -0.308. The van der Waals surface area contributed by atoms with Gasteiger partial charge in [0.15, 0.2) is 17.9 Å². The van der Waals surface area contributed by atoms with Gasteiger partial charge in [-0.25, -0.2) is 0 Å². The molecule has 3 aliphatic rings. The summed E-state index contributed by atoms with van der Waals surface area (Å²) in [7, 11) is 2.88. The zero-order valence-corrected chi connectivity index (χ0v) is 47.0. The van der Waals surface area contributed by atoms with Crippen molar-refractivity contribution in [2.75, 3.05) is 19.5 Å². The summed E-state index contributed by atoms with van der Waals surface area (Å²) in [5, 5.41) is 113. The first-order valence-corrected chi connectivity index (χ1v) is 27.8. The molecule has 4 rings (SSSR count). The van der Waals surface area contributed by atoms with E-state index in [1.165, 1.54) is 0 Å². The number of anilines is 1. The van der Waals surface area contributed by atoms with Crippen LogP contribution in [-0.2, 0) is 38.1 Å². The molecule has 452 valence electrons. The molecule has 0 aromatic heterocycles. The molecule has 2 saturated heterocycles.